The Morgan fingerprint density at radius 1 is 1.15 bits per heavy atom. The molecule has 0 fully saturated rings. The van der Waals surface area contributed by atoms with Gasteiger partial charge in [0.05, 0.1) is 23.9 Å². The minimum atomic E-state index is -0.359. The largest absolute Gasteiger partial charge is 0.497 e. The number of tetrazole rings is 1. The fourth-order valence-corrected chi connectivity index (χ4v) is 3.44. The SMILES string of the molecule is COc1ccc(Cn2nnc(-c3nc4ccc(OC(C)=O)cc4s3)n2)cc1. The Morgan fingerprint density at radius 2 is 1.93 bits per heavy atom. The second kappa shape index (κ2) is 7.12. The molecule has 0 saturated heterocycles. The first-order valence-electron chi connectivity index (χ1n) is 8.11. The van der Waals surface area contributed by atoms with Gasteiger partial charge in [0.25, 0.3) is 0 Å². The van der Waals surface area contributed by atoms with Crippen molar-refractivity contribution >= 4 is 27.5 Å². The molecule has 0 bridgehead atoms. The van der Waals surface area contributed by atoms with Gasteiger partial charge in [0, 0.05) is 13.0 Å². The van der Waals surface area contributed by atoms with Gasteiger partial charge in [-0.1, -0.05) is 12.1 Å². The summed E-state index contributed by atoms with van der Waals surface area (Å²) in [5.41, 5.74) is 1.83. The highest BCUT2D eigenvalue weighted by atomic mass is 32.1. The van der Waals surface area contributed by atoms with E-state index in [0.29, 0.717) is 23.1 Å². The second-order valence-corrected chi connectivity index (χ2v) is 6.76. The summed E-state index contributed by atoms with van der Waals surface area (Å²) in [6.07, 6.45) is 0. The third-order valence-electron chi connectivity index (χ3n) is 3.75. The van der Waals surface area contributed by atoms with E-state index in [2.05, 4.69) is 20.4 Å². The van der Waals surface area contributed by atoms with E-state index in [0.717, 1.165) is 21.5 Å². The van der Waals surface area contributed by atoms with Gasteiger partial charge >= 0.3 is 5.97 Å². The Hall–Kier alpha value is -3.33. The highest BCUT2D eigenvalue weighted by molar-refractivity contribution is 7.21. The molecule has 4 rings (SSSR count). The molecule has 0 atom stereocenters. The van der Waals surface area contributed by atoms with Crippen molar-refractivity contribution < 1.29 is 14.3 Å². The highest BCUT2D eigenvalue weighted by Gasteiger charge is 2.13. The maximum Gasteiger partial charge on any atom is 0.308 e. The van der Waals surface area contributed by atoms with E-state index in [1.165, 1.54) is 23.1 Å². The van der Waals surface area contributed by atoms with Crippen molar-refractivity contribution in [1.29, 1.82) is 0 Å². The van der Waals surface area contributed by atoms with Crippen LogP contribution in [0.1, 0.15) is 12.5 Å². The molecule has 0 spiro atoms. The van der Waals surface area contributed by atoms with Crippen LogP contribution in [0.5, 0.6) is 11.5 Å². The Bertz CT molecular complexity index is 1100. The molecule has 2 aromatic heterocycles. The number of thiazole rings is 1. The first kappa shape index (κ1) is 17.1. The summed E-state index contributed by atoms with van der Waals surface area (Å²) in [5, 5.41) is 13.3. The minimum Gasteiger partial charge on any atom is -0.497 e. The molecule has 4 aromatic rings. The van der Waals surface area contributed by atoms with Crippen molar-refractivity contribution in [3.63, 3.8) is 0 Å². The number of carbonyl (C=O) groups excluding carboxylic acids is 1. The average molecular weight is 381 g/mol. The topological polar surface area (TPSA) is 92.0 Å². The van der Waals surface area contributed by atoms with Crippen molar-refractivity contribution in [3.8, 4) is 22.3 Å². The van der Waals surface area contributed by atoms with Crippen molar-refractivity contribution in [3.05, 3.63) is 48.0 Å². The van der Waals surface area contributed by atoms with Gasteiger partial charge in [-0.3, -0.25) is 4.79 Å². The number of nitrogens with zero attached hydrogens (tertiary/aromatic N) is 5. The zero-order valence-corrected chi connectivity index (χ0v) is 15.4. The molecule has 0 aliphatic heterocycles. The van der Waals surface area contributed by atoms with Crippen LogP contribution in [0.4, 0.5) is 0 Å². The fourth-order valence-electron chi connectivity index (χ4n) is 2.52. The monoisotopic (exact) mass is 381 g/mol. The molecular weight excluding hydrogens is 366 g/mol. The lowest BCUT2D eigenvalue weighted by Crippen LogP contribution is -2.03. The number of hydrogen-bond donors (Lipinski definition) is 0. The smallest absolute Gasteiger partial charge is 0.308 e. The van der Waals surface area contributed by atoms with E-state index >= 15 is 0 Å². The molecule has 0 amide bonds. The lowest BCUT2D eigenvalue weighted by molar-refractivity contribution is -0.131. The lowest BCUT2D eigenvalue weighted by atomic mass is 10.2. The summed E-state index contributed by atoms with van der Waals surface area (Å²) in [4.78, 5) is 17.1. The van der Waals surface area contributed by atoms with Crippen LogP contribution in [0.2, 0.25) is 0 Å². The fraction of sp³-hybridized carbons (Fsp3) is 0.167. The van der Waals surface area contributed by atoms with Gasteiger partial charge in [-0.05, 0) is 35.0 Å². The molecule has 8 nitrogen and oxygen atoms in total. The molecule has 0 saturated carbocycles. The average Bonchev–Trinajstić information content (AvgIpc) is 3.28. The van der Waals surface area contributed by atoms with Gasteiger partial charge in [0.15, 0.2) is 5.01 Å². The number of benzene rings is 2. The number of aromatic nitrogens is 5. The molecule has 27 heavy (non-hydrogen) atoms. The van der Waals surface area contributed by atoms with E-state index < -0.39 is 0 Å². The van der Waals surface area contributed by atoms with Gasteiger partial charge in [0.1, 0.15) is 11.5 Å². The van der Waals surface area contributed by atoms with E-state index in [1.54, 1.807) is 25.3 Å². The van der Waals surface area contributed by atoms with Gasteiger partial charge in [-0.25, -0.2) is 4.98 Å². The number of fused-ring (bicyclic) bond motifs is 1. The zero-order chi connectivity index (χ0) is 18.8. The summed E-state index contributed by atoms with van der Waals surface area (Å²) in [6.45, 7) is 1.87. The quantitative estimate of drug-likeness (QED) is 0.388. The normalized spacial score (nSPS) is 10.9. The molecule has 0 N–H and O–H groups in total. The maximum atomic E-state index is 11.1. The third-order valence-corrected chi connectivity index (χ3v) is 4.76. The lowest BCUT2D eigenvalue weighted by Gasteiger charge is -2.01. The summed E-state index contributed by atoms with van der Waals surface area (Å²) in [7, 11) is 1.63. The zero-order valence-electron chi connectivity index (χ0n) is 14.6. The predicted octanol–water partition coefficient (Wildman–Crippen LogP) is 2.93. The van der Waals surface area contributed by atoms with Crippen LogP contribution in [-0.4, -0.2) is 38.3 Å². The molecular formula is C18H15N5O3S. The van der Waals surface area contributed by atoms with Crippen LogP contribution in [0.25, 0.3) is 21.0 Å². The van der Waals surface area contributed by atoms with E-state index in [1.807, 2.05) is 24.3 Å². The first-order chi connectivity index (χ1) is 13.1. The molecule has 2 heterocycles. The van der Waals surface area contributed by atoms with Crippen LogP contribution in [0, 0.1) is 0 Å². The first-order valence-corrected chi connectivity index (χ1v) is 8.92. The van der Waals surface area contributed by atoms with Crippen LogP contribution >= 0.6 is 11.3 Å². The number of hydrogen-bond acceptors (Lipinski definition) is 8. The Labute approximate surface area is 158 Å². The van der Waals surface area contributed by atoms with Crippen LogP contribution in [0.15, 0.2) is 42.5 Å². The van der Waals surface area contributed by atoms with Crippen LogP contribution < -0.4 is 9.47 Å². The van der Waals surface area contributed by atoms with Crippen molar-refractivity contribution in [2.24, 2.45) is 0 Å². The number of methoxy groups -OCH3 is 1. The molecule has 2 aromatic carbocycles. The third kappa shape index (κ3) is 3.77. The maximum absolute atomic E-state index is 11.1. The number of esters is 1. The van der Waals surface area contributed by atoms with Crippen molar-refractivity contribution in [2.75, 3.05) is 7.11 Å². The number of ether oxygens (including phenoxy) is 2. The van der Waals surface area contributed by atoms with E-state index in [4.69, 9.17) is 9.47 Å². The minimum absolute atomic E-state index is 0.359. The Kier molecular flexibility index (Phi) is 4.51. The van der Waals surface area contributed by atoms with Gasteiger partial charge in [0.2, 0.25) is 5.82 Å². The molecule has 0 aliphatic carbocycles. The number of carbonyl (C=O) groups is 1. The summed E-state index contributed by atoms with van der Waals surface area (Å²) in [5.74, 6) is 1.39. The van der Waals surface area contributed by atoms with E-state index in [9.17, 15) is 4.79 Å². The van der Waals surface area contributed by atoms with Gasteiger partial charge < -0.3 is 9.47 Å². The standard InChI is InChI=1S/C18H15N5O3S/c1-11(24)26-14-7-8-15-16(9-14)27-18(19-15)17-20-22-23(21-17)10-12-3-5-13(25-2)6-4-12/h3-9H,10H2,1-2H3. The molecule has 0 aliphatic rings. The van der Waals surface area contributed by atoms with Gasteiger partial charge in [-0.2, -0.15) is 4.80 Å². The van der Waals surface area contributed by atoms with E-state index in [-0.39, 0.29) is 5.97 Å². The summed E-state index contributed by atoms with van der Waals surface area (Å²) < 4.78 is 11.1. The molecule has 0 unspecified atom stereocenters. The molecule has 136 valence electrons. The summed E-state index contributed by atoms with van der Waals surface area (Å²) in [6, 6.07) is 13.0. The molecule has 9 heteroatoms. The molecule has 0 radical (unpaired) electrons. The van der Waals surface area contributed by atoms with Crippen LogP contribution in [0.3, 0.4) is 0 Å². The van der Waals surface area contributed by atoms with Gasteiger partial charge in [-0.15, -0.1) is 21.5 Å². The summed E-state index contributed by atoms with van der Waals surface area (Å²) >= 11 is 1.42. The number of rotatable bonds is 5. The second-order valence-electron chi connectivity index (χ2n) is 5.73. The Morgan fingerprint density at radius 3 is 2.67 bits per heavy atom. The van der Waals surface area contributed by atoms with Crippen molar-refractivity contribution in [2.45, 2.75) is 13.5 Å². The predicted molar refractivity (Wildman–Crippen MR) is 99.8 cm³/mol. The van der Waals surface area contributed by atoms with Crippen LogP contribution in [-0.2, 0) is 11.3 Å². The van der Waals surface area contributed by atoms with Crippen molar-refractivity contribution in [1.82, 2.24) is 25.2 Å². The highest BCUT2D eigenvalue weighted by Crippen LogP contribution is 2.30. The Balaban J connectivity index is 1.55.